The van der Waals surface area contributed by atoms with E-state index in [1.807, 2.05) is 12.1 Å². The molecule has 0 fully saturated rings. The number of aromatic nitrogens is 1. The predicted octanol–water partition coefficient (Wildman–Crippen LogP) is 3.29. The lowest BCUT2D eigenvalue weighted by atomic mass is 10.2. The third-order valence-corrected chi connectivity index (χ3v) is 3.27. The van der Waals surface area contributed by atoms with Gasteiger partial charge in [0.05, 0.1) is 7.11 Å². The third kappa shape index (κ3) is 3.50. The van der Waals surface area contributed by atoms with Gasteiger partial charge in [0.2, 0.25) is 0 Å². The number of hydrogen-bond donors (Lipinski definition) is 1. The standard InChI is InChI=1S/C15H19NO3/c1-19-13-6-7-14-12(11-13)8-10-16(14)9-4-2-3-5-15(17)18/h6-8,10-11H,2-5,9H2,1H3,(H,17,18). The minimum atomic E-state index is -0.710. The highest BCUT2D eigenvalue weighted by Gasteiger charge is 2.03. The van der Waals surface area contributed by atoms with Crippen LogP contribution in [0.2, 0.25) is 0 Å². The highest BCUT2D eigenvalue weighted by atomic mass is 16.5. The first kappa shape index (κ1) is 13.5. The Morgan fingerprint density at radius 3 is 2.84 bits per heavy atom. The minimum absolute atomic E-state index is 0.267. The van der Waals surface area contributed by atoms with E-state index in [1.54, 1.807) is 7.11 Å². The number of ether oxygens (including phenoxy) is 1. The highest BCUT2D eigenvalue weighted by molar-refractivity contribution is 5.81. The zero-order valence-electron chi connectivity index (χ0n) is 11.1. The van der Waals surface area contributed by atoms with E-state index in [0.29, 0.717) is 0 Å². The second-order valence-corrected chi connectivity index (χ2v) is 4.64. The average Bonchev–Trinajstić information content (AvgIpc) is 2.80. The molecular formula is C15H19NO3. The molecule has 4 heteroatoms. The van der Waals surface area contributed by atoms with Crippen LogP contribution in [-0.4, -0.2) is 22.8 Å². The first-order valence-corrected chi connectivity index (χ1v) is 6.55. The fraction of sp³-hybridized carbons (Fsp3) is 0.400. The van der Waals surface area contributed by atoms with Gasteiger partial charge in [-0.25, -0.2) is 0 Å². The van der Waals surface area contributed by atoms with Gasteiger partial charge in [0.15, 0.2) is 0 Å². The number of nitrogens with zero attached hydrogens (tertiary/aromatic N) is 1. The number of benzene rings is 1. The van der Waals surface area contributed by atoms with E-state index in [-0.39, 0.29) is 6.42 Å². The van der Waals surface area contributed by atoms with E-state index in [1.165, 1.54) is 10.9 Å². The molecule has 0 bridgehead atoms. The molecule has 102 valence electrons. The molecule has 0 amide bonds. The van der Waals surface area contributed by atoms with Gasteiger partial charge < -0.3 is 14.4 Å². The summed E-state index contributed by atoms with van der Waals surface area (Å²) in [4.78, 5) is 10.4. The molecule has 1 aromatic carbocycles. The maximum atomic E-state index is 10.4. The summed E-state index contributed by atoms with van der Waals surface area (Å²) in [6.07, 6.45) is 5.04. The van der Waals surface area contributed by atoms with Crippen LogP contribution in [0.3, 0.4) is 0 Å². The van der Waals surface area contributed by atoms with Gasteiger partial charge in [-0.15, -0.1) is 0 Å². The molecule has 0 spiro atoms. The number of fused-ring (bicyclic) bond motifs is 1. The lowest BCUT2D eigenvalue weighted by Gasteiger charge is -2.06. The number of carboxylic acid groups (broad SMARTS) is 1. The van der Waals surface area contributed by atoms with Crippen LogP contribution in [-0.2, 0) is 11.3 Å². The van der Waals surface area contributed by atoms with Crippen molar-refractivity contribution in [2.75, 3.05) is 7.11 Å². The molecule has 0 unspecified atom stereocenters. The molecule has 19 heavy (non-hydrogen) atoms. The number of hydrogen-bond acceptors (Lipinski definition) is 2. The lowest BCUT2D eigenvalue weighted by molar-refractivity contribution is -0.137. The number of unbranched alkanes of at least 4 members (excludes halogenated alkanes) is 2. The highest BCUT2D eigenvalue weighted by Crippen LogP contribution is 2.22. The second kappa shape index (κ2) is 6.27. The van der Waals surface area contributed by atoms with Crippen LogP contribution >= 0.6 is 0 Å². The van der Waals surface area contributed by atoms with Crippen LogP contribution in [0.1, 0.15) is 25.7 Å². The fourth-order valence-corrected chi connectivity index (χ4v) is 2.24. The maximum Gasteiger partial charge on any atom is 0.303 e. The normalized spacial score (nSPS) is 10.8. The zero-order valence-corrected chi connectivity index (χ0v) is 11.1. The van der Waals surface area contributed by atoms with Crippen LogP contribution < -0.4 is 4.74 Å². The molecule has 0 aliphatic carbocycles. The van der Waals surface area contributed by atoms with Crippen molar-refractivity contribution in [2.45, 2.75) is 32.2 Å². The van der Waals surface area contributed by atoms with Crippen LogP contribution in [0.4, 0.5) is 0 Å². The van der Waals surface area contributed by atoms with Crippen molar-refractivity contribution in [3.05, 3.63) is 30.5 Å². The number of aryl methyl sites for hydroxylation is 1. The quantitative estimate of drug-likeness (QED) is 0.778. The van der Waals surface area contributed by atoms with Crippen LogP contribution in [0.15, 0.2) is 30.5 Å². The van der Waals surface area contributed by atoms with Crippen LogP contribution in [0.25, 0.3) is 10.9 Å². The Morgan fingerprint density at radius 2 is 2.11 bits per heavy atom. The number of carboxylic acids is 1. The number of methoxy groups -OCH3 is 1. The monoisotopic (exact) mass is 261 g/mol. The Morgan fingerprint density at radius 1 is 1.26 bits per heavy atom. The Labute approximate surface area is 112 Å². The Balaban J connectivity index is 1.92. The van der Waals surface area contributed by atoms with E-state index in [4.69, 9.17) is 9.84 Å². The summed E-state index contributed by atoms with van der Waals surface area (Å²) in [5, 5.41) is 9.74. The minimum Gasteiger partial charge on any atom is -0.497 e. The topological polar surface area (TPSA) is 51.5 Å². The van der Waals surface area contributed by atoms with Crippen molar-refractivity contribution in [3.63, 3.8) is 0 Å². The van der Waals surface area contributed by atoms with Gasteiger partial charge in [0.1, 0.15) is 5.75 Å². The molecule has 0 atom stereocenters. The van der Waals surface area contributed by atoms with Gasteiger partial charge in [-0.1, -0.05) is 6.42 Å². The molecule has 1 heterocycles. The molecule has 0 aliphatic heterocycles. The second-order valence-electron chi connectivity index (χ2n) is 4.64. The van der Waals surface area contributed by atoms with Gasteiger partial charge in [-0.2, -0.15) is 0 Å². The smallest absolute Gasteiger partial charge is 0.303 e. The van der Waals surface area contributed by atoms with Gasteiger partial charge in [-0.3, -0.25) is 4.79 Å². The van der Waals surface area contributed by atoms with Gasteiger partial charge in [0, 0.05) is 30.1 Å². The largest absolute Gasteiger partial charge is 0.497 e. The number of rotatable bonds is 7. The Bertz CT molecular complexity index is 560. The van der Waals surface area contributed by atoms with E-state index in [9.17, 15) is 4.79 Å². The molecule has 1 N–H and O–H groups in total. The molecule has 0 aliphatic rings. The van der Waals surface area contributed by atoms with Crippen molar-refractivity contribution in [1.82, 2.24) is 4.57 Å². The molecule has 0 radical (unpaired) electrons. The van der Waals surface area contributed by atoms with Gasteiger partial charge in [-0.05, 0) is 37.1 Å². The summed E-state index contributed by atoms with van der Waals surface area (Å²) in [6.45, 7) is 0.926. The first-order valence-electron chi connectivity index (χ1n) is 6.55. The molecule has 4 nitrogen and oxygen atoms in total. The van der Waals surface area contributed by atoms with Crippen molar-refractivity contribution < 1.29 is 14.6 Å². The molecular weight excluding hydrogens is 242 g/mol. The van der Waals surface area contributed by atoms with Crippen LogP contribution in [0, 0.1) is 0 Å². The van der Waals surface area contributed by atoms with E-state index in [2.05, 4.69) is 22.9 Å². The van der Waals surface area contributed by atoms with Crippen molar-refractivity contribution in [1.29, 1.82) is 0 Å². The molecule has 0 saturated heterocycles. The predicted molar refractivity (Wildman–Crippen MR) is 74.6 cm³/mol. The fourth-order valence-electron chi connectivity index (χ4n) is 2.24. The summed E-state index contributed by atoms with van der Waals surface area (Å²) < 4.78 is 7.41. The van der Waals surface area contributed by atoms with Crippen LogP contribution in [0.5, 0.6) is 5.75 Å². The summed E-state index contributed by atoms with van der Waals surface area (Å²) in [6, 6.07) is 8.13. The first-order chi connectivity index (χ1) is 9.20. The molecule has 0 saturated carbocycles. The van der Waals surface area contributed by atoms with Gasteiger partial charge in [0.25, 0.3) is 0 Å². The average molecular weight is 261 g/mol. The van der Waals surface area contributed by atoms with Crippen molar-refractivity contribution in [2.24, 2.45) is 0 Å². The summed E-state index contributed by atoms with van der Waals surface area (Å²) in [5.74, 6) is 0.158. The van der Waals surface area contributed by atoms with E-state index >= 15 is 0 Å². The molecule has 2 rings (SSSR count). The van der Waals surface area contributed by atoms with Crippen molar-refractivity contribution >= 4 is 16.9 Å². The molecule has 2 aromatic rings. The summed E-state index contributed by atoms with van der Waals surface area (Å²) in [5.41, 5.74) is 1.19. The van der Waals surface area contributed by atoms with Gasteiger partial charge >= 0.3 is 5.97 Å². The van der Waals surface area contributed by atoms with E-state index in [0.717, 1.165) is 31.6 Å². The van der Waals surface area contributed by atoms with E-state index < -0.39 is 5.97 Å². The Hall–Kier alpha value is -1.97. The maximum absolute atomic E-state index is 10.4. The third-order valence-electron chi connectivity index (χ3n) is 3.27. The molecule has 1 aromatic heterocycles. The number of carbonyl (C=O) groups is 1. The zero-order chi connectivity index (χ0) is 13.7. The van der Waals surface area contributed by atoms with Crippen molar-refractivity contribution in [3.8, 4) is 5.75 Å². The number of aliphatic carboxylic acids is 1. The summed E-state index contributed by atoms with van der Waals surface area (Å²) in [7, 11) is 1.67. The summed E-state index contributed by atoms with van der Waals surface area (Å²) >= 11 is 0. The lowest BCUT2D eigenvalue weighted by Crippen LogP contribution is -1.98. The SMILES string of the molecule is COc1ccc2c(ccn2CCCCCC(=O)O)c1. The Kier molecular flexibility index (Phi) is 4.44.